The van der Waals surface area contributed by atoms with E-state index in [2.05, 4.69) is 19.8 Å². The lowest BCUT2D eigenvalue weighted by atomic mass is 9.94. The van der Waals surface area contributed by atoms with Gasteiger partial charge in [-0.1, -0.05) is 13.0 Å². The number of nitrogens with zero attached hydrogens (tertiary/aromatic N) is 5. The van der Waals surface area contributed by atoms with Gasteiger partial charge in [-0.2, -0.15) is 9.97 Å². The molecule has 224 valence electrons. The summed E-state index contributed by atoms with van der Waals surface area (Å²) in [6, 6.07) is 6.00. The predicted molar refractivity (Wildman–Crippen MR) is 155 cm³/mol. The molecule has 4 fully saturated rings. The second-order valence-electron chi connectivity index (χ2n) is 12.3. The van der Waals surface area contributed by atoms with Gasteiger partial charge in [-0.05, 0) is 66.8 Å². The fourth-order valence-corrected chi connectivity index (χ4v) is 7.78. The van der Waals surface area contributed by atoms with Gasteiger partial charge < -0.3 is 19.5 Å². The highest BCUT2D eigenvalue weighted by Crippen LogP contribution is 2.43. The van der Waals surface area contributed by atoms with Crippen molar-refractivity contribution >= 4 is 27.5 Å². The summed E-state index contributed by atoms with van der Waals surface area (Å²) in [6.45, 7) is 4.52. The maximum Gasteiger partial charge on any atom is 0.319 e. The number of benzene rings is 2. The third-order valence-corrected chi connectivity index (χ3v) is 9.86. The molecule has 8 rings (SSSR count). The van der Waals surface area contributed by atoms with Crippen molar-refractivity contribution in [3.63, 3.8) is 0 Å². The van der Waals surface area contributed by atoms with E-state index >= 15 is 4.39 Å². The second-order valence-corrected chi connectivity index (χ2v) is 12.3. The number of hydrogen-bond donors (Lipinski definition) is 1. The maximum atomic E-state index is 16.7. The van der Waals surface area contributed by atoms with E-state index in [9.17, 15) is 13.9 Å². The van der Waals surface area contributed by atoms with Gasteiger partial charge >= 0.3 is 6.01 Å². The average Bonchev–Trinajstić information content (AvgIpc) is 3.63. The summed E-state index contributed by atoms with van der Waals surface area (Å²) in [5, 5.41) is 12.0. The van der Waals surface area contributed by atoms with E-state index in [4.69, 9.17) is 14.5 Å². The number of anilines is 1. The van der Waals surface area contributed by atoms with Gasteiger partial charge in [0.05, 0.1) is 23.1 Å². The summed E-state index contributed by atoms with van der Waals surface area (Å²) in [5.74, 6) is -0.686. The quantitative estimate of drug-likeness (QED) is 0.323. The van der Waals surface area contributed by atoms with Gasteiger partial charge in [-0.3, -0.25) is 9.88 Å². The molecule has 6 heterocycles. The number of aromatic hydroxyl groups is 1. The van der Waals surface area contributed by atoms with Crippen molar-refractivity contribution in [2.24, 2.45) is 0 Å². The highest BCUT2D eigenvalue weighted by Gasteiger charge is 2.50. The summed E-state index contributed by atoms with van der Waals surface area (Å²) < 4.78 is 58.0. The van der Waals surface area contributed by atoms with E-state index in [0.29, 0.717) is 60.1 Å². The fourth-order valence-electron chi connectivity index (χ4n) is 7.78. The molecule has 0 aliphatic carbocycles. The molecule has 43 heavy (non-hydrogen) atoms. The van der Waals surface area contributed by atoms with Crippen LogP contribution >= 0.6 is 0 Å². The van der Waals surface area contributed by atoms with E-state index in [1.165, 1.54) is 18.2 Å². The third kappa shape index (κ3) is 4.15. The maximum absolute atomic E-state index is 16.7. The smallest absolute Gasteiger partial charge is 0.319 e. The van der Waals surface area contributed by atoms with Gasteiger partial charge in [0.25, 0.3) is 0 Å². The fraction of sp³-hybridized carbons (Fsp3) is 0.469. The molecule has 0 spiro atoms. The number of fused-ring (bicyclic) bond motifs is 4. The van der Waals surface area contributed by atoms with Gasteiger partial charge in [0.1, 0.15) is 41.4 Å². The monoisotopic (exact) mass is 591 g/mol. The molecule has 0 amide bonds. The minimum atomic E-state index is -0.904. The number of pyridine rings is 1. The number of phenolic OH excluding ortho intramolecular Hbond substituents is 1. The molecule has 0 saturated carbocycles. The van der Waals surface area contributed by atoms with Crippen LogP contribution in [0, 0.1) is 11.6 Å². The minimum Gasteiger partial charge on any atom is -0.508 e. The van der Waals surface area contributed by atoms with Crippen LogP contribution in [0.5, 0.6) is 11.8 Å². The van der Waals surface area contributed by atoms with Crippen molar-refractivity contribution in [1.29, 1.82) is 0 Å². The van der Waals surface area contributed by atoms with Crippen molar-refractivity contribution in [2.75, 3.05) is 37.7 Å². The minimum absolute atomic E-state index is 0.0190. The molecule has 8 nitrogen and oxygen atoms in total. The summed E-state index contributed by atoms with van der Waals surface area (Å²) in [5.41, 5.74) is 0.252. The van der Waals surface area contributed by atoms with E-state index < -0.39 is 23.3 Å². The molecule has 2 aromatic heterocycles. The molecule has 0 unspecified atom stereocenters. The molecule has 4 aromatic rings. The van der Waals surface area contributed by atoms with Crippen molar-refractivity contribution in [2.45, 2.75) is 62.9 Å². The lowest BCUT2D eigenvalue weighted by Crippen LogP contribution is -2.58. The van der Waals surface area contributed by atoms with Crippen LogP contribution in [0.3, 0.4) is 0 Å². The Morgan fingerprint density at radius 1 is 1.19 bits per heavy atom. The molecular formula is C32H32F3N5O3. The van der Waals surface area contributed by atoms with Crippen LogP contribution in [0.25, 0.3) is 32.9 Å². The number of aryl methyl sites for hydroxylation is 1. The van der Waals surface area contributed by atoms with Gasteiger partial charge in [0, 0.05) is 37.9 Å². The number of halogens is 3. The summed E-state index contributed by atoms with van der Waals surface area (Å²) in [4.78, 5) is 18.0. The first-order valence-electron chi connectivity index (χ1n) is 15.1. The van der Waals surface area contributed by atoms with Crippen molar-refractivity contribution in [3.05, 3.63) is 47.7 Å². The van der Waals surface area contributed by atoms with E-state index in [1.54, 1.807) is 12.3 Å². The number of rotatable bonds is 6. The van der Waals surface area contributed by atoms with Gasteiger partial charge in [-0.25, -0.2) is 13.2 Å². The zero-order chi connectivity index (χ0) is 29.5. The lowest BCUT2D eigenvalue weighted by Gasteiger charge is -2.44. The summed E-state index contributed by atoms with van der Waals surface area (Å²) >= 11 is 0. The van der Waals surface area contributed by atoms with Crippen LogP contribution in [0.1, 0.15) is 38.2 Å². The SMILES string of the molecule is CCc1c(F)ccc2cc(O)cc(-c3ncc4c(N5C[C@H]6OCC[C@H]65)nc(OC[C@@]56CCCN5C[C@H](F)C6)nc4c3F)c12. The number of ether oxygens (including phenoxy) is 2. The van der Waals surface area contributed by atoms with Crippen LogP contribution in [0.15, 0.2) is 30.5 Å². The van der Waals surface area contributed by atoms with Crippen LogP contribution in [-0.4, -0.2) is 81.7 Å². The zero-order valence-corrected chi connectivity index (χ0v) is 23.8. The molecule has 0 radical (unpaired) electrons. The Bertz CT molecular complexity index is 1770. The molecule has 2 aromatic carbocycles. The van der Waals surface area contributed by atoms with Gasteiger partial charge in [-0.15, -0.1) is 0 Å². The molecule has 1 N–H and O–H groups in total. The number of phenols is 1. The predicted octanol–water partition coefficient (Wildman–Crippen LogP) is 5.32. The molecule has 0 bridgehead atoms. The molecule has 11 heteroatoms. The number of aromatic nitrogens is 3. The van der Waals surface area contributed by atoms with E-state index in [0.717, 1.165) is 25.8 Å². The van der Waals surface area contributed by atoms with E-state index in [-0.39, 0.29) is 47.3 Å². The zero-order valence-electron chi connectivity index (χ0n) is 23.8. The molecule has 4 atom stereocenters. The van der Waals surface area contributed by atoms with Gasteiger partial charge in [0.2, 0.25) is 0 Å². The Labute approximate surface area is 246 Å². The first-order chi connectivity index (χ1) is 20.8. The van der Waals surface area contributed by atoms with Crippen LogP contribution in [0.2, 0.25) is 0 Å². The average molecular weight is 592 g/mol. The summed E-state index contributed by atoms with van der Waals surface area (Å²) in [6.07, 6.45) is 4.12. The topological polar surface area (TPSA) is 83.8 Å². The largest absolute Gasteiger partial charge is 0.508 e. The Morgan fingerprint density at radius 2 is 2.07 bits per heavy atom. The Hall–Kier alpha value is -3.70. The first kappa shape index (κ1) is 26.9. The van der Waals surface area contributed by atoms with Crippen LogP contribution in [-0.2, 0) is 11.2 Å². The number of hydrogen-bond acceptors (Lipinski definition) is 8. The van der Waals surface area contributed by atoms with Gasteiger partial charge in [0.15, 0.2) is 5.82 Å². The Morgan fingerprint density at radius 3 is 2.91 bits per heavy atom. The first-order valence-corrected chi connectivity index (χ1v) is 15.1. The third-order valence-electron chi connectivity index (χ3n) is 9.86. The normalized spacial score (nSPS) is 26.7. The molecular weight excluding hydrogens is 559 g/mol. The van der Waals surface area contributed by atoms with Crippen LogP contribution < -0.4 is 9.64 Å². The van der Waals surface area contributed by atoms with Crippen LogP contribution in [0.4, 0.5) is 19.0 Å². The highest BCUT2D eigenvalue weighted by molar-refractivity contribution is 6.01. The highest BCUT2D eigenvalue weighted by atomic mass is 19.1. The second kappa shape index (κ2) is 9.92. The molecule has 4 aliphatic heterocycles. The molecule has 4 aliphatic rings. The number of alkyl halides is 1. The van der Waals surface area contributed by atoms with E-state index in [1.807, 2.05) is 6.92 Å². The molecule has 4 saturated heterocycles. The van der Waals surface area contributed by atoms with Crippen molar-refractivity contribution < 1.29 is 27.8 Å². The Kier molecular flexibility index (Phi) is 6.20. The van der Waals surface area contributed by atoms with Crippen molar-refractivity contribution in [3.8, 4) is 23.0 Å². The lowest BCUT2D eigenvalue weighted by molar-refractivity contribution is 0.0764. The summed E-state index contributed by atoms with van der Waals surface area (Å²) in [7, 11) is 0. The van der Waals surface area contributed by atoms with Crippen molar-refractivity contribution in [1.82, 2.24) is 19.9 Å². The Balaban J connectivity index is 1.27. The standard InChI is InChI=1S/C32H32F3N5O3/c1-2-20-23(34)5-4-17-10-19(41)11-21(26(17)20)28-27(35)29-22(13-36-28)30(40-15-25-24(40)6-9-42-25)38-31(37-29)43-16-32-7-3-8-39(32)14-18(33)12-32/h4-5,10-11,13,18,24-25,41H,2-3,6-9,12,14-16H2,1H3/t18-,24-,25-,32+/m1/s1.